The first-order chi connectivity index (χ1) is 34.3. The average molecular weight is 1080 g/mol. The molecule has 14 nitrogen and oxygen atoms in total. The summed E-state index contributed by atoms with van der Waals surface area (Å²) in [6.45, 7) is 2.21. The lowest BCUT2D eigenvalue weighted by molar-refractivity contribution is -0.123. The summed E-state index contributed by atoms with van der Waals surface area (Å²) >= 11 is 6.70. The molecule has 10 rings (SSSR count). The van der Waals surface area contributed by atoms with Crippen molar-refractivity contribution in [1.29, 1.82) is 0 Å². The van der Waals surface area contributed by atoms with Crippen LogP contribution in [0.5, 0.6) is 0 Å². The van der Waals surface area contributed by atoms with Crippen LogP contribution in [0.25, 0.3) is 38.6 Å². The number of rotatable bonds is 15. The fraction of sp³-hybridized carbons (Fsp3) is 0.354. The summed E-state index contributed by atoms with van der Waals surface area (Å²) < 4.78 is 176. The van der Waals surface area contributed by atoms with Crippen molar-refractivity contribution in [3.05, 3.63) is 128 Å². The minimum absolute atomic E-state index is 0.0726. The van der Waals surface area contributed by atoms with Crippen molar-refractivity contribution in [2.75, 3.05) is 4.72 Å². The molecule has 3 aliphatic carbocycles. The number of anilines is 1. The number of nitrogens with one attached hydrogen (secondary N) is 2. The number of alkyl halides is 6. The number of amides is 1. The van der Waals surface area contributed by atoms with Crippen molar-refractivity contribution in [2.45, 2.75) is 105 Å². The Bertz CT molecular complexity index is 3720. The first kappa shape index (κ1) is 50.1. The molecule has 0 aliphatic heterocycles. The fourth-order valence-corrected chi connectivity index (χ4v) is 12.6. The minimum atomic E-state index is -4.14. The summed E-state index contributed by atoms with van der Waals surface area (Å²) in [5, 5.41) is 8.98. The van der Waals surface area contributed by atoms with Crippen LogP contribution >= 0.6 is 11.6 Å². The lowest BCUT2D eigenvalue weighted by Crippen LogP contribution is -2.38. The van der Waals surface area contributed by atoms with Crippen LogP contribution in [0.2, 0.25) is 5.02 Å². The van der Waals surface area contributed by atoms with Gasteiger partial charge in [0.05, 0.1) is 53.5 Å². The Morgan fingerprint density at radius 3 is 2.27 bits per heavy atom. The molecule has 25 heteroatoms. The smallest absolute Gasteiger partial charge is 0.293 e. The maximum Gasteiger partial charge on any atom is 0.293 e. The lowest BCUT2D eigenvalue weighted by atomic mass is 10.0. The van der Waals surface area contributed by atoms with Gasteiger partial charge in [0.2, 0.25) is 15.9 Å². The predicted molar refractivity (Wildman–Crippen MR) is 252 cm³/mol. The van der Waals surface area contributed by atoms with Gasteiger partial charge >= 0.3 is 0 Å². The number of benzene rings is 4. The third kappa shape index (κ3) is 8.80. The number of halogens is 9. The number of sulfonamides is 1. The molecule has 0 spiro atoms. The van der Waals surface area contributed by atoms with Gasteiger partial charge in [-0.25, -0.2) is 48.2 Å². The third-order valence-electron chi connectivity index (χ3n) is 13.2. The Kier molecular flexibility index (Phi) is 12.1. The third-order valence-corrected chi connectivity index (χ3v) is 17.9. The number of sulfone groups is 1. The van der Waals surface area contributed by atoms with Crippen molar-refractivity contribution >= 4 is 65.0 Å². The summed E-state index contributed by atoms with van der Waals surface area (Å²) in [5.74, 6) is -10.2. The van der Waals surface area contributed by atoms with Gasteiger partial charge in [-0.15, -0.1) is 0 Å². The summed E-state index contributed by atoms with van der Waals surface area (Å²) in [6, 6.07) is 13.1. The molecule has 1 amide bonds. The number of hydrogen-bond acceptors (Lipinski definition) is 9. The van der Waals surface area contributed by atoms with E-state index < -0.39 is 132 Å². The van der Waals surface area contributed by atoms with Crippen molar-refractivity contribution in [1.82, 2.24) is 34.4 Å². The number of hydrogen-bond donors (Lipinski definition) is 2. The van der Waals surface area contributed by atoms with Crippen LogP contribution < -0.4 is 15.6 Å². The Labute approximate surface area is 415 Å². The molecule has 4 aromatic carbocycles. The number of aromatic nitrogens is 6. The van der Waals surface area contributed by atoms with Gasteiger partial charge in [0, 0.05) is 29.5 Å². The topological polar surface area (TPSA) is 180 Å². The quantitative estimate of drug-likeness (QED) is 0.0946. The molecule has 0 unspecified atom stereocenters. The molecule has 2 N–H and O–H groups in total. The molecule has 3 heterocycles. The van der Waals surface area contributed by atoms with Crippen LogP contribution in [-0.2, 0) is 50.1 Å². The Morgan fingerprint density at radius 2 is 1.62 bits per heavy atom. The highest BCUT2D eigenvalue weighted by Crippen LogP contribution is 2.68. The van der Waals surface area contributed by atoms with E-state index in [1.807, 2.05) is 0 Å². The van der Waals surface area contributed by atoms with E-state index in [4.69, 9.17) is 16.6 Å². The average Bonchev–Trinajstić information content (AvgIpc) is 4.22. The highest BCUT2D eigenvalue weighted by Gasteiger charge is 2.67. The molecule has 7 aromatic rings. The van der Waals surface area contributed by atoms with Crippen LogP contribution in [0.4, 0.5) is 40.9 Å². The zero-order valence-corrected chi connectivity index (χ0v) is 40.9. The lowest BCUT2D eigenvalue weighted by Gasteiger charge is -2.24. The maximum atomic E-state index is 15.7. The summed E-state index contributed by atoms with van der Waals surface area (Å²) in [5.41, 5.74) is -3.79. The molecular formula is C48H41ClF8N8O6S2. The van der Waals surface area contributed by atoms with Gasteiger partial charge < -0.3 is 5.32 Å². The SMILES string of the molecule is CC(C)(C)S(=O)(=O)c1ccccc1-c1ccc2c(=O)n(-c3ccc(Cl)c4c(NS(=O)(=O)C5CC5)nn(CC(F)F)c34)c([C@H](Cc3cc(F)cc(F)c3)NC(=O)Cn3nc(C(F)F)c4c3C(F)(F)[C@@H]3C[C@H]43)nc2c1. The van der Waals surface area contributed by atoms with Crippen LogP contribution in [0, 0.1) is 17.6 Å². The van der Waals surface area contributed by atoms with E-state index in [1.54, 1.807) is 6.07 Å². The second kappa shape index (κ2) is 17.6. The highest BCUT2D eigenvalue weighted by atomic mass is 35.5. The summed E-state index contributed by atoms with van der Waals surface area (Å²) in [6.07, 6.45) is -6.55. The number of nitrogens with zero attached hydrogens (tertiary/aromatic N) is 6. The van der Waals surface area contributed by atoms with E-state index in [2.05, 4.69) is 20.2 Å². The molecule has 73 heavy (non-hydrogen) atoms. The molecule has 0 saturated heterocycles. The van der Waals surface area contributed by atoms with Gasteiger partial charge in [-0.05, 0) is 99.5 Å². The van der Waals surface area contributed by atoms with E-state index in [-0.39, 0.29) is 66.1 Å². The Morgan fingerprint density at radius 1 is 0.918 bits per heavy atom. The largest absolute Gasteiger partial charge is 0.344 e. The number of fused-ring (bicyclic) bond motifs is 5. The van der Waals surface area contributed by atoms with Crippen LogP contribution in [0.1, 0.15) is 86.8 Å². The van der Waals surface area contributed by atoms with Gasteiger partial charge in [0.25, 0.3) is 24.3 Å². The van der Waals surface area contributed by atoms with Crippen molar-refractivity contribution in [2.24, 2.45) is 5.92 Å². The monoisotopic (exact) mass is 1080 g/mol. The standard InChI is InChI=1S/C48H41ClF8N8O6S2/c1-47(2,3)72(68,69)35-7-5-4-6-27(35)23-8-11-28-32(17-23)59-45(65(46(28)67)34-13-12-31(49)39-41(34)63(20-36(52)53)61-44(39)62-73(70,71)26-9-10-26)33(16-22-14-24(50)18-25(51)15-22)58-37(66)21-64-42-38(40(60-64)43(54)55)29-19-30(29)48(42,56)57/h4-8,11-15,17-18,26,29-30,33,36,43H,9-10,16,19-21H2,1-3H3,(H,58,66)(H,61,62)/t29-,30+,33-/m0/s1. The normalized spacial score (nSPS) is 17.9. The van der Waals surface area contributed by atoms with Gasteiger partial charge in [-0.1, -0.05) is 35.9 Å². The van der Waals surface area contributed by atoms with Crippen molar-refractivity contribution in [3.8, 4) is 16.8 Å². The summed E-state index contributed by atoms with van der Waals surface area (Å²) in [4.78, 5) is 34.5. The van der Waals surface area contributed by atoms with Gasteiger partial charge in [-0.2, -0.15) is 19.0 Å². The maximum absolute atomic E-state index is 15.7. The van der Waals surface area contributed by atoms with Crippen molar-refractivity contribution < 1.29 is 56.8 Å². The van der Waals surface area contributed by atoms with Crippen LogP contribution in [-0.4, -0.2) is 68.3 Å². The molecule has 2 saturated carbocycles. The Hall–Kier alpha value is -6.40. The summed E-state index contributed by atoms with van der Waals surface area (Å²) in [7, 11) is -8.17. The van der Waals surface area contributed by atoms with E-state index in [1.165, 1.54) is 69.3 Å². The first-order valence-electron chi connectivity index (χ1n) is 22.7. The number of carbonyl (C=O) groups excluding carboxylic acids is 1. The van der Waals surface area contributed by atoms with Crippen molar-refractivity contribution in [3.63, 3.8) is 0 Å². The molecule has 384 valence electrons. The molecule has 3 atom stereocenters. The van der Waals surface area contributed by atoms with E-state index in [0.717, 1.165) is 16.7 Å². The second-order valence-corrected chi connectivity index (χ2v) is 24.3. The molecule has 0 radical (unpaired) electrons. The molecule has 3 aliphatic rings. The Balaban J connectivity index is 1.22. The van der Waals surface area contributed by atoms with Gasteiger partial charge in [0.1, 0.15) is 41.9 Å². The zero-order valence-electron chi connectivity index (χ0n) is 38.5. The molecule has 3 aromatic heterocycles. The molecule has 2 fully saturated rings. The molecular weight excluding hydrogens is 1040 g/mol. The van der Waals surface area contributed by atoms with E-state index in [0.29, 0.717) is 28.3 Å². The van der Waals surface area contributed by atoms with Gasteiger partial charge in [-0.3, -0.25) is 28.2 Å². The fourth-order valence-electron chi connectivity index (χ4n) is 9.61. The van der Waals surface area contributed by atoms with Crippen LogP contribution in [0.15, 0.2) is 82.5 Å². The van der Waals surface area contributed by atoms with E-state index in [9.17, 15) is 48.0 Å². The highest BCUT2D eigenvalue weighted by molar-refractivity contribution is 7.93. The van der Waals surface area contributed by atoms with Gasteiger partial charge in [0.15, 0.2) is 15.7 Å². The zero-order chi connectivity index (χ0) is 52.4. The first-order valence-corrected chi connectivity index (χ1v) is 26.1. The molecule has 0 bridgehead atoms. The number of carbonyl (C=O) groups is 1. The minimum Gasteiger partial charge on any atom is -0.344 e. The van der Waals surface area contributed by atoms with Crippen LogP contribution in [0.3, 0.4) is 0 Å². The predicted octanol–water partition coefficient (Wildman–Crippen LogP) is 9.52. The van der Waals surface area contributed by atoms with E-state index >= 15 is 13.6 Å². The second-order valence-electron chi connectivity index (χ2n) is 19.3.